The first kappa shape index (κ1) is 15.7. The number of aliphatic carboxylic acids is 1. The summed E-state index contributed by atoms with van der Waals surface area (Å²) in [5.74, 6) is -0.745. The van der Waals surface area contributed by atoms with Gasteiger partial charge < -0.3 is 9.67 Å². The minimum atomic E-state index is -0.745. The van der Waals surface area contributed by atoms with Crippen LogP contribution in [-0.2, 0) is 24.2 Å². The molecule has 0 saturated carbocycles. The van der Waals surface area contributed by atoms with Crippen molar-refractivity contribution in [1.82, 2.24) is 14.5 Å². The molecule has 0 spiro atoms. The van der Waals surface area contributed by atoms with Crippen LogP contribution in [0.3, 0.4) is 0 Å². The van der Waals surface area contributed by atoms with Crippen molar-refractivity contribution in [3.8, 4) is 0 Å². The highest BCUT2D eigenvalue weighted by atomic mass is 16.4. The molecule has 1 aliphatic rings. The molecule has 23 heavy (non-hydrogen) atoms. The number of carboxylic acids is 1. The molecule has 5 nitrogen and oxygen atoms in total. The second kappa shape index (κ2) is 7.42. The van der Waals surface area contributed by atoms with E-state index in [4.69, 9.17) is 0 Å². The van der Waals surface area contributed by atoms with Crippen molar-refractivity contribution in [2.24, 2.45) is 0 Å². The summed E-state index contributed by atoms with van der Waals surface area (Å²) in [4.78, 5) is 18.0. The van der Waals surface area contributed by atoms with E-state index in [-0.39, 0.29) is 0 Å². The Morgan fingerprint density at radius 3 is 2.65 bits per heavy atom. The number of aryl methyl sites for hydroxylation is 2. The lowest BCUT2D eigenvalue weighted by Crippen LogP contribution is -2.40. The molecule has 0 unspecified atom stereocenters. The van der Waals surface area contributed by atoms with E-state index in [1.54, 1.807) is 6.33 Å². The molecule has 1 saturated heterocycles. The van der Waals surface area contributed by atoms with Gasteiger partial charge in [0.25, 0.3) is 0 Å². The van der Waals surface area contributed by atoms with Crippen molar-refractivity contribution in [3.63, 3.8) is 0 Å². The van der Waals surface area contributed by atoms with Crippen LogP contribution in [-0.4, -0.2) is 44.7 Å². The lowest BCUT2D eigenvalue weighted by molar-refractivity contribution is -0.142. The summed E-state index contributed by atoms with van der Waals surface area (Å²) in [6, 6.07) is 9.89. The molecule has 1 aromatic heterocycles. The summed E-state index contributed by atoms with van der Waals surface area (Å²) in [5.41, 5.74) is 2.15. The maximum Gasteiger partial charge on any atom is 0.321 e. The number of hydrogen-bond donors (Lipinski definition) is 1. The van der Waals surface area contributed by atoms with Crippen LogP contribution in [0, 0.1) is 0 Å². The molecule has 2 heterocycles. The molecule has 122 valence electrons. The molecule has 1 fully saturated rings. The Bertz CT molecular complexity index is 633. The zero-order valence-corrected chi connectivity index (χ0v) is 13.3. The zero-order valence-electron chi connectivity index (χ0n) is 13.3. The van der Waals surface area contributed by atoms with Gasteiger partial charge in [-0.15, -0.1) is 0 Å². The SMILES string of the molecule is O=C(O)[C@H](Cc1cn(CCc2ccccc2)cn1)N1CCCC1. The summed E-state index contributed by atoms with van der Waals surface area (Å²) in [6.45, 7) is 2.62. The number of nitrogens with zero attached hydrogens (tertiary/aromatic N) is 3. The fraction of sp³-hybridized carbons (Fsp3) is 0.444. The number of imidazole rings is 1. The van der Waals surface area contributed by atoms with Crippen molar-refractivity contribution in [3.05, 3.63) is 54.1 Å². The molecule has 1 atom stereocenters. The average Bonchev–Trinajstić information content (AvgIpc) is 3.23. The van der Waals surface area contributed by atoms with Gasteiger partial charge in [0.1, 0.15) is 6.04 Å². The van der Waals surface area contributed by atoms with Gasteiger partial charge in [0.05, 0.1) is 12.0 Å². The number of benzene rings is 1. The first-order chi connectivity index (χ1) is 11.2. The van der Waals surface area contributed by atoms with Gasteiger partial charge >= 0.3 is 5.97 Å². The van der Waals surface area contributed by atoms with E-state index in [0.29, 0.717) is 6.42 Å². The van der Waals surface area contributed by atoms with Crippen molar-refractivity contribution in [2.45, 2.75) is 38.3 Å². The van der Waals surface area contributed by atoms with Crippen LogP contribution in [0.1, 0.15) is 24.1 Å². The van der Waals surface area contributed by atoms with Gasteiger partial charge in [-0.05, 0) is 37.9 Å². The maximum absolute atomic E-state index is 11.5. The molecular weight excluding hydrogens is 290 g/mol. The molecule has 0 amide bonds. The third-order valence-electron chi connectivity index (χ3n) is 4.46. The normalized spacial score (nSPS) is 16.5. The third kappa shape index (κ3) is 4.20. The van der Waals surface area contributed by atoms with Crippen molar-refractivity contribution >= 4 is 5.97 Å². The quantitative estimate of drug-likeness (QED) is 0.851. The number of carboxylic acid groups (broad SMARTS) is 1. The Hall–Kier alpha value is -2.14. The molecule has 1 aliphatic heterocycles. The third-order valence-corrected chi connectivity index (χ3v) is 4.46. The Morgan fingerprint density at radius 1 is 1.22 bits per heavy atom. The van der Waals surface area contributed by atoms with Gasteiger partial charge in [-0.3, -0.25) is 9.69 Å². The maximum atomic E-state index is 11.5. The number of aromatic nitrogens is 2. The minimum absolute atomic E-state index is 0.449. The highest BCUT2D eigenvalue weighted by Crippen LogP contribution is 2.15. The number of likely N-dealkylation sites (tertiary alicyclic amines) is 1. The fourth-order valence-electron chi connectivity index (χ4n) is 3.16. The van der Waals surface area contributed by atoms with E-state index >= 15 is 0 Å². The fourth-order valence-corrected chi connectivity index (χ4v) is 3.16. The first-order valence-electron chi connectivity index (χ1n) is 8.24. The van der Waals surface area contributed by atoms with Crippen LogP contribution >= 0.6 is 0 Å². The topological polar surface area (TPSA) is 58.4 Å². The Morgan fingerprint density at radius 2 is 1.96 bits per heavy atom. The second-order valence-electron chi connectivity index (χ2n) is 6.14. The van der Waals surface area contributed by atoms with Gasteiger partial charge in [-0.25, -0.2) is 4.98 Å². The van der Waals surface area contributed by atoms with Crippen molar-refractivity contribution < 1.29 is 9.90 Å². The molecule has 1 N–H and O–H groups in total. The summed E-state index contributed by atoms with van der Waals surface area (Å²) in [7, 11) is 0. The van der Waals surface area contributed by atoms with Gasteiger partial charge in [0.2, 0.25) is 0 Å². The predicted octanol–water partition coefficient (Wildman–Crippen LogP) is 2.22. The van der Waals surface area contributed by atoms with E-state index in [1.807, 2.05) is 29.0 Å². The predicted molar refractivity (Wildman–Crippen MR) is 88.3 cm³/mol. The summed E-state index contributed by atoms with van der Waals surface area (Å²) < 4.78 is 2.05. The molecule has 0 bridgehead atoms. The summed E-state index contributed by atoms with van der Waals surface area (Å²) >= 11 is 0. The van der Waals surface area contributed by atoms with E-state index in [2.05, 4.69) is 22.0 Å². The smallest absolute Gasteiger partial charge is 0.321 e. The van der Waals surface area contributed by atoms with Crippen LogP contribution < -0.4 is 0 Å². The molecule has 1 aromatic carbocycles. The van der Waals surface area contributed by atoms with Crippen molar-refractivity contribution in [2.75, 3.05) is 13.1 Å². The van der Waals surface area contributed by atoms with E-state index in [0.717, 1.165) is 44.6 Å². The summed E-state index contributed by atoms with van der Waals surface area (Å²) in [5, 5.41) is 9.48. The Balaban J connectivity index is 1.58. The minimum Gasteiger partial charge on any atom is -0.480 e. The van der Waals surface area contributed by atoms with Crippen LogP contribution in [0.15, 0.2) is 42.9 Å². The van der Waals surface area contributed by atoms with E-state index < -0.39 is 12.0 Å². The zero-order chi connectivity index (χ0) is 16.1. The Kier molecular flexibility index (Phi) is 5.08. The Labute approximate surface area is 136 Å². The van der Waals surface area contributed by atoms with Crippen molar-refractivity contribution in [1.29, 1.82) is 0 Å². The van der Waals surface area contributed by atoms with E-state index in [9.17, 15) is 9.90 Å². The van der Waals surface area contributed by atoms with Crippen LogP contribution in [0.25, 0.3) is 0 Å². The lowest BCUT2D eigenvalue weighted by atomic mass is 10.1. The van der Waals surface area contributed by atoms with Gasteiger partial charge in [-0.2, -0.15) is 0 Å². The molecule has 0 radical (unpaired) electrons. The molecule has 0 aliphatic carbocycles. The number of rotatable bonds is 7. The van der Waals surface area contributed by atoms with Gasteiger partial charge in [-0.1, -0.05) is 30.3 Å². The van der Waals surface area contributed by atoms with Crippen LogP contribution in [0.4, 0.5) is 0 Å². The highest BCUT2D eigenvalue weighted by Gasteiger charge is 2.28. The molecular formula is C18H23N3O2. The largest absolute Gasteiger partial charge is 0.480 e. The molecule has 5 heteroatoms. The summed E-state index contributed by atoms with van der Waals surface area (Å²) in [6.07, 6.45) is 7.40. The lowest BCUT2D eigenvalue weighted by Gasteiger charge is -2.22. The molecule has 3 rings (SSSR count). The number of carbonyl (C=O) groups is 1. The highest BCUT2D eigenvalue weighted by molar-refractivity contribution is 5.73. The first-order valence-corrected chi connectivity index (χ1v) is 8.24. The average molecular weight is 313 g/mol. The molecule has 2 aromatic rings. The van der Waals surface area contributed by atoms with Crippen LogP contribution in [0.2, 0.25) is 0 Å². The van der Waals surface area contributed by atoms with Gasteiger partial charge in [0, 0.05) is 19.2 Å². The standard InChI is InChI=1S/C18H23N3O2/c22-18(23)17(21-9-4-5-10-21)12-16-13-20(14-19-16)11-8-15-6-2-1-3-7-15/h1-3,6-7,13-14,17H,4-5,8-12H2,(H,22,23)/t17-/m0/s1. The van der Waals surface area contributed by atoms with E-state index in [1.165, 1.54) is 5.56 Å². The van der Waals surface area contributed by atoms with Gasteiger partial charge in [0.15, 0.2) is 0 Å². The monoisotopic (exact) mass is 313 g/mol. The number of hydrogen-bond acceptors (Lipinski definition) is 3. The second-order valence-corrected chi connectivity index (χ2v) is 6.14. The van der Waals surface area contributed by atoms with Crippen LogP contribution in [0.5, 0.6) is 0 Å².